The van der Waals surface area contributed by atoms with Gasteiger partial charge in [-0.3, -0.25) is 4.98 Å². The highest BCUT2D eigenvalue weighted by molar-refractivity contribution is 5.85. The van der Waals surface area contributed by atoms with E-state index in [0.29, 0.717) is 13.0 Å². The van der Waals surface area contributed by atoms with Gasteiger partial charge in [-0.1, -0.05) is 43.2 Å². The van der Waals surface area contributed by atoms with Crippen molar-refractivity contribution in [1.82, 2.24) is 15.0 Å². The first-order chi connectivity index (χ1) is 17.7. The first-order valence-electron chi connectivity index (χ1n) is 12.3. The second kappa shape index (κ2) is 16.8. The second-order valence-corrected chi connectivity index (χ2v) is 8.17. The predicted molar refractivity (Wildman–Crippen MR) is 144 cm³/mol. The zero-order valence-corrected chi connectivity index (χ0v) is 21.0. The van der Waals surface area contributed by atoms with E-state index in [1.807, 2.05) is 36.8 Å². The molecule has 0 unspecified atom stereocenters. The van der Waals surface area contributed by atoms with Crippen molar-refractivity contribution >= 4 is 23.2 Å². The summed E-state index contributed by atoms with van der Waals surface area (Å²) in [6, 6.07) is 8.38. The minimum absolute atomic E-state index is 0.297. The highest BCUT2D eigenvalue weighted by Crippen LogP contribution is 2.23. The molecule has 36 heavy (non-hydrogen) atoms. The third-order valence-corrected chi connectivity index (χ3v) is 5.52. The van der Waals surface area contributed by atoms with Crippen molar-refractivity contribution in [2.45, 2.75) is 51.4 Å². The Labute approximate surface area is 212 Å². The molecule has 1 aromatic carbocycles. The number of nitrogens with zero attached hydrogens (tertiary/aromatic N) is 2. The summed E-state index contributed by atoms with van der Waals surface area (Å²) in [6.45, 7) is 0.297. The molecular weight excluding hydrogens is 454 g/mol. The number of hydrogen-bond acceptors (Lipinski definition) is 6. The Balaban J connectivity index is 0.000000295. The average molecular weight is 492 g/mol. The van der Waals surface area contributed by atoms with Crippen LogP contribution in [-0.4, -0.2) is 41.0 Å². The van der Waals surface area contributed by atoms with Gasteiger partial charge in [-0.2, -0.15) is 0 Å². The summed E-state index contributed by atoms with van der Waals surface area (Å²) in [6.07, 6.45) is 20.0. The Morgan fingerprint density at radius 3 is 2.67 bits per heavy atom. The van der Waals surface area contributed by atoms with Crippen molar-refractivity contribution in [2.24, 2.45) is 11.5 Å². The molecule has 0 bridgehead atoms. The number of rotatable bonds is 10. The van der Waals surface area contributed by atoms with Crippen molar-refractivity contribution in [2.75, 3.05) is 13.7 Å². The van der Waals surface area contributed by atoms with Gasteiger partial charge in [0, 0.05) is 36.2 Å². The average Bonchev–Trinajstić information content (AvgIpc) is 3.40. The Morgan fingerprint density at radius 2 is 1.92 bits per heavy atom. The molecule has 0 saturated carbocycles. The summed E-state index contributed by atoms with van der Waals surface area (Å²) in [5, 5.41) is 2.33. The number of nitrogens with two attached hydrogens (primary N) is 2. The Kier molecular flexibility index (Phi) is 13.3. The third-order valence-electron chi connectivity index (χ3n) is 5.52. The van der Waals surface area contributed by atoms with Gasteiger partial charge < -0.3 is 26.0 Å². The fourth-order valence-corrected chi connectivity index (χ4v) is 3.69. The van der Waals surface area contributed by atoms with Gasteiger partial charge in [0.25, 0.3) is 0 Å². The van der Waals surface area contributed by atoms with E-state index in [0.717, 1.165) is 79.3 Å². The van der Waals surface area contributed by atoms with Gasteiger partial charge in [-0.05, 0) is 55.8 Å². The van der Waals surface area contributed by atoms with Crippen LogP contribution in [0.15, 0.2) is 66.7 Å². The Morgan fingerprint density at radius 1 is 1.08 bits per heavy atom. The van der Waals surface area contributed by atoms with Gasteiger partial charge in [-0.25, -0.2) is 9.78 Å². The number of amides is 1. The van der Waals surface area contributed by atoms with Crippen molar-refractivity contribution < 1.29 is 14.3 Å². The lowest BCUT2D eigenvalue weighted by molar-refractivity contribution is -0.107. The Bertz CT molecular complexity index is 1140. The summed E-state index contributed by atoms with van der Waals surface area (Å²) in [4.78, 5) is 32.5. The molecule has 8 heteroatoms. The molecule has 2 aromatic heterocycles. The first-order valence-corrected chi connectivity index (χ1v) is 12.3. The van der Waals surface area contributed by atoms with Gasteiger partial charge in [-0.15, -0.1) is 0 Å². The molecule has 0 radical (unpaired) electrons. The molecule has 0 aliphatic heterocycles. The van der Waals surface area contributed by atoms with Crippen LogP contribution in [0.3, 0.4) is 0 Å². The summed E-state index contributed by atoms with van der Waals surface area (Å²) >= 11 is 0. The second-order valence-electron chi connectivity index (χ2n) is 8.17. The van der Waals surface area contributed by atoms with E-state index >= 15 is 0 Å². The fraction of sp³-hybridized carbons (Fsp3) is 0.357. The minimum Gasteiger partial charge on any atom is -0.445 e. The van der Waals surface area contributed by atoms with Gasteiger partial charge >= 0.3 is 6.09 Å². The number of aromatic amines is 1. The van der Waals surface area contributed by atoms with E-state index in [4.69, 9.17) is 5.73 Å². The monoisotopic (exact) mass is 491 g/mol. The highest BCUT2D eigenvalue weighted by atomic mass is 16.5. The van der Waals surface area contributed by atoms with E-state index in [1.54, 1.807) is 0 Å². The minimum atomic E-state index is -0.718. The number of ether oxygens (including phenoxy) is 1. The van der Waals surface area contributed by atoms with Crippen LogP contribution in [0, 0.1) is 0 Å². The van der Waals surface area contributed by atoms with E-state index < -0.39 is 6.09 Å². The number of carbonyl (C=O) groups excluding carboxylic acids is 2. The lowest BCUT2D eigenvalue weighted by atomic mass is 10.1. The van der Waals surface area contributed by atoms with Crippen molar-refractivity contribution in [3.05, 3.63) is 72.5 Å². The van der Waals surface area contributed by atoms with Crippen molar-refractivity contribution in [3.8, 4) is 11.3 Å². The quantitative estimate of drug-likeness (QED) is 0.262. The molecule has 0 atom stereocenters. The molecule has 4 rings (SSSR count). The van der Waals surface area contributed by atoms with Crippen LogP contribution in [0.2, 0.25) is 0 Å². The summed E-state index contributed by atoms with van der Waals surface area (Å²) in [7, 11) is 1.50. The number of fused-ring (bicyclic) bond motifs is 1. The Hall–Kier alpha value is -3.78. The number of imidazole rings is 1. The normalized spacial score (nSPS) is 12.0. The van der Waals surface area contributed by atoms with Gasteiger partial charge in [0.05, 0.1) is 11.9 Å². The number of aromatic nitrogens is 3. The van der Waals surface area contributed by atoms with Crippen molar-refractivity contribution in [3.63, 3.8) is 0 Å². The number of primary amides is 1. The number of H-pyrrole nitrogens is 1. The lowest BCUT2D eigenvalue weighted by Gasteiger charge is -2.05. The topological polar surface area (TPSA) is 137 Å². The molecule has 0 spiro atoms. The predicted octanol–water partition coefficient (Wildman–Crippen LogP) is 5.25. The molecule has 5 N–H and O–H groups in total. The standard InChI is InChI=1S/C19H21N3O.C8H11NO2.CH5N/c23-11-5-3-1-2-4-6-19-21-14-18(22-19)16-8-7-15-9-10-20-13-17(15)12-16;9-8(10)11-6-7-4-2-1-3-5-7;1-2/h7-14H,1-6H2,(H,21,22);2,4-5H,1,3,6H2,(H2,9,10);2H2,1H3. The maximum atomic E-state index is 10.3. The number of aryl methyl sites for hydroxylation is 1. The molecule has 1 aliphatic rings. The zero-order chi connectivity index (χ0) is 26.0. The molecule has 8 nitrogen and oxygen atoms in total. The lowest BCUT2D eigenvalue weighted by Crippen LogP contribution is -2.14. The van der Waals surface area contributed by atoms with Crippen LogP contribution in [0.1, 0.15) is 50.8 Å². The van der Waals surface area contributed by atoms with Crippen LogP contribution in [0.4, 0.5) is 4.79 Å². The van der Waals surface area contributed by atoms with E-state index in [-0.39, 0.29) is 0 Å². The van der Waals surface area contributed by atoms with E-state index in [9.17, 15) is 9.59 Å². The van der Waals surface area contributed by atoms with Crippen molar-refractivity contribution in [1.29, 1.82) is 0 Å². The number of nitrogens with one attached hydrogen (secondary N) is 1. The molecule has 0 saturated heterocycles. The maximum absolute atomic E-state index is 10.3. The molecule has 0 fully saturated rings. The number of unbranched alkanes of at least 4 members (excludes halogenated alkanes) is 4. The summed E-state index contributed by atoms with van der Waals surface area (Å²) < 4.78 is 4.60. The molecule has 1 aliphatic carbocycles. The molecule has 2 heterocycles. The number of pyridine rings is 1. The summed E-state index contributed by atoms with van der Waals surface area (Å²) in [5.74, 6) is 1.03. The zero-order valence-electron chi connectivity index (χ0n) is 21.0. The fourth-order valence-electron chi connectivity index (χ4n) is 3.69. The smallest absolute Gasteiger partial charge is 0.404 e. The van der Waals surface area contributed by atoms with Crippen LogP contribution >= 0.6 is 0 Å². The molecule has 1 amide bonds. The SMILES string of the molecule is CN.NC(=O)OCC1=CCCC=C1.O=CCCCCCCc1ncc(-c2ccc3ccncc3c2)[nH]1. The molecule has 3 aromatic rings. The maximum Gasteiger partial charge on any atom is 0.404 e. The number of allylic oxidation sites excluding steroid dienone is 2. The van der Waals surface area contributed by atoms with Gasteiger partial charge in [0.15, 0.2) is 0 Å². The highest BCUT2D eigenvalue weighted by Gasteiger charge is 2.05. The van der Waals surface area contributed by atoms with Crippen LogP contribution < -0.4 is 11.5 Å². The van der Waals surface area contributed by atoms with Crippen LogP contribution in [0.25, 0.3) is 22.0 Å². The largest absolute Gasteiger partial charge is 0.445 e. The molecular formula is C28H37N5O3. The van der Waals surface area contributed by atoms with E-state index in [2.05, 4.69) is 49.7 Å². The van der Waals surface area contributed by atoms with Gasteiger partial charge in [0.2, 0.25) is 0 Å². The van der Waals surface area contributed by atoms with Crippen LogP contribution in [0.5, 0.6) is 0 Å². The summed E-state index contributed by atoms with van der Waals surface area (Å²) in [5.41, 5.74) is 12.5. The first kappa shape index (κ1) is 28.5. The number of hydrogen-bond donors (Lipinski definition) is 3. The molecule has 192 valence electrons. The number of aldehydes is 1. The van der Waals surface area contributed by atoms with Crippen LogP contribution in [-0.2, 0) is 16.0 Å². The van der Waals surface area contributed by atoms with E-state index in [1.165, 1.54) is 12.4 Å². The number of carbonyl (C=O) groups is 2. The third kappa shape index (κ3) is 10.2. The van der Waals surface area contributed by atoms with Gasteiger partial charge in [0.1, 0.15) is 18.7 Å². The number of benzene rings is 1.